The van der Waals surface area contributed by atoms with Crippen LogP contribution in [0.2, 0.25) is 0 Å². The first-order valence-electron chi connectivity index (χ1n) is 8.15. The lowest BCUT2D eigenvalue weighted by Crippen LogP contribution is -2.22. The van der Waals surface area contributed by atoms with Crippen molar-refractivity contribution >= 4 is 39.3 Å². The molecule has 1 heterocycles. The Morgan fingerprint density at radius 2 is 2.04 bits per heavy atom. The molecule has 1 aromatic heterocycles. The van der Waals surface area contributed by atoms with E-state index in [-0.39, 0.29) is 11.2 Å². The average molecular weight is 431 g/mol. The number of nitrogens with one attached hydrogen (secondary N) is 1. The Bertz CT molecular complexity index is 941. The summed E-state index contributed by atoms with van der Waals surface area (Å²) in [6.07, 6.45) is 1.68. The second-order valence-corrected chi connectivity index (χ2v) is 8.26. The van der Waals surface area contributed by atoms with Crippen molar-refractivity contribution in [3.05, 3.63) is 64.4 Å². The molecule has 0 bridgehead atoms. The van der Waals surface area contributed by atoms with E-state index in [1.165, 1.54) is 17.3 Å². The molecule has 2 aromatic carbocycles. The summed E-state index contributed by atoms with van der Waals surface area (Å²) in [6.45, 7) is 5.98. The summed E-state index contributed by atoms with van der Waals surface area (Å²) in [5.74, 6) is -0.0803. The van der Waals surface area contributed by atoms with Gasteiger partial charge in [0.15, 0.2) is 5.16 Å². The first-order valence-corrected chi connectivity index (χ1v) is 9.82. The van der Waals surface area contributed by atoms with Gasteiger partial charge in [-0.1, -0.05) is 51.5 Å². The number of aryl methyl sites for hydroxylation is 2. The minimum atomic E-state index is -0.317. The molecule has 0 fully saturated rings. The van der Waals surface area contributed by atoms with Crippen LogP contribution in [0.4, 0.5) is 5.69 Å². The van der Waals surface area contributed by atoms with E-state index in [4.69, 9.17) is 0 Å². The van der Waals surface area contributed by atoms with Gasteiger partial charge in [0.05, 0.1) is 10.9 Å². The molecule has 0 saturated heterocycles. The lowest BCUT2D eigenvalue weighted by atomic mass is 10.1. The van der Waals surface area contributed by atoms with Gasteiger partial charge in [0.1, 0.15) is 6.33 Å². The number of halogens is 1. The SMILES string of the molecule is Cc1ccc(-n2cnnc2SC(C)C(=O)Nc2cccc(Br)c2)c(C)c1. The third kappa shape index (κ3) is 4.34. The summed E-state index contributed by atoms with van der Waals surface area (Å²) in [4.78, 5) is 12.5. The average Bonchev–Trinajstić information content (AvgIpc) is 3.02. The van der Waals surface area contributed by atoms with E-state index in [1.807, 2.05) is 41.8 Å². The fraction of sp³-hybridized carbons (Fsp3) is 0.211. The van der Waals surface area contributed by atoms with Crippen molar-refractivity contribution in [2.75, 3.05) is 5.32 Å². The molecule has 0 spiro atoms. The summed E-state index contributed by atoms with van der Waals surface area (Å²) in [6, 6.07) is 13.7. The number of carbonyl (C=O) groups excluding carboxylic acids is 1. The smallest absolute Gasteiger partial charge is 0.237 e. The normalized spacial score (nSPS) is 12.0. The van der Waals surface area contributed by atoms with Crippen molar-refractivity contribution in [2.45, 2.75) is 31.2 Å². The molecule has 1 amide bonds. The molecule has 0 saturated carbocycles. The minimum Gasteiger partial charge on any atom is -0.325 e. The van der Waals surface area contributed by atoms with Gasteiger partial charge in [-0.3, -0.25) is 9.36 Å². The number of hydrogen-bond donors (Lipinski definition) is 1. The number of aromatic nitrogens is 3. The van der Waals surface area contributed by atoms with E-state index in [0.29, 0.717) is 5.16 Å². The quantitative estimate of drug-likeness (QED) is 0.592. The maximum atomic E-state index is 12.5. The second-order valence-electron chi connectivity index (χ2n) is 6.03. The standard InChI is InChI=1S/C19H19BrN4OS/c1-12-7-8-17(13(2)9-12)24-11-21-23-19(24)26-14(3)18(25)22-16-6-4-5-15(20)10-16/h4-11,14H,1-3H3,(H,22,25). The van der Waals surface area contributed by atoms with E-state index in [1.54, 1.807) is 6.33 Å². The number of hydrogen-bond acceptors (Lipinski definition) is 4. The van der Waals surface area contributed by atoms with Gasteiger partial charge in [0.2, 0.25) is 5.91 Å². The summed E-state index contributed by atoms with van der Waals surface area (Å²) in [7, 11) is 0. The van der Waals surface area contributed by atoms with E-state index >= 15 is 0 Å². The third-order valence-electron chi connectivity index (χ3n) is 3.87. The first kappa shape index (κ1) is 18.7. The van der Waals surface area contributed by atoms with Crippen molar-refractivity contribution in [3.8, 4) is 5.69 Å². The first-order chi connectivity index (χ1) is 12.4. The fourth-order valence-electron chi connectivity index (χ4n) is 2.57. The molecule has 0 aliphatic carbocycles. The maximum Gasteiger partial charge on any atom is 0.237 e. The van der Waals surface area contributed by atoms with E-state index in [0.717, 1.165) is 21.4 Å². The van der Waals surface area contributed by atoms with Crippen LogP contribution in [0.3, 0.4) is 0 Å². The third-order valence-corrected chi connectivity index (χ3v) is 5.42. The minimum absolute atomic E-state index is 0.0803. The number of benzene rings is 2. The Morgan fingerprint density at radius 3 is 2.77 bits per heavy atom. The van der Waals surface area contributed by atoms with Crippen LogP contribution in [0.25, 0.3) is 5.69 Å². The van der Waals surface area contributed by atoms with Crippen molar-refractivity contribution in [1.29, 1.82) is 0 Å². The Labute approximate surface area is 165 Å². The molecular formula is C19H19BrN4OS. The van der Waals surface area contributed by atoms with Crippen LogP contribution in [0.5, 0.6) is 0 Å². The molecule has 1 atom stereocenters. The largest absolute Gasteiger partial charge is 0.325 e. The second kappa shape index (κ2) is 8.05. The van der Waals surface area contributed by atoms with E-state index in [9.17, 15) is 4.79 Å². The number of anilines is 1. The van der Waals surface area contributed by atoms with Crippen molar-refractivity contribution in [2.24, 2.45) is 0 Å². The number of carbonyl (C=O) groups is 1. The summed E-state index contributed by atoms with van der Waals surface area (Å²) >= 11 is 4.79. The molecule has 7 heteroatoms. The van der Waals surface area contributed by atoms with Gasteiger partial charge in [-0.25, -0.2) is 0 Å². The van der Waals surface area contributed by atoms with Gasteiger partial charge >= 0.3 is 0 Å². The van der Waals surface area contributed by atoms with Gasteiger partial charge in [0, 0.05) is 10.2 Å². The zero-order valence-electron chi connectivity index (χ0n) is 14.7. The van der Waals surface area contributed by atoms with Crippen LogP contribution in [-0.4, -0.2) is 25.9 Å². The molecule has 5 nitrogen and oxygen atoms in total. The maximum absolute atomic E-state index is 12.5. The van der Waals surface area contributed by atoms with Crippen LogP contribution in [0, 0.1) is 13.8 Å². The highest BCUT2D eigenvalue weighted by Gasteiger charge is 2.19. The molecule has 26 heavy (non-hydrogen) atoms. The fourth-order valence-corrected chi connectivity index (χ4v) is 3.80. The highest BCUT2D eigenvalue weighted by molar-refractivity contribution is 9.10. The molecule has 0 radical (unpaired) electrons. The predicted octanol–water partition coefficient (Wildman–Crippen LogP) is 4.77. The highest BCUT2D eigenvalue weighted by Crippen LogP contribution is 2.26. The van der Waals surface area contributed by atoms with Crippen molar-refractivity contribution in [1.82, 2.24) is 14.8 Å². The molecule has 0 aliphatic heterocycles. The zero-order chi connectivity index (χ0) is 18.7. The highest BCUT2D eigenvalue weighted by atomic mass is 79.9. The van der Waals surface area contributed by atoms with Gasteiger partial charge in [-0.15, -0.1) is 10.2 Å². The van der Waals surface area contributed by atoms with Crippen LogP contribution >= 0.6 is 27.7 Å². The monoisotopic (exact) mass is 430 g/mol. The Kier molecular flexibility index (Phi) is 5.78. The molecule has 1 N–H and O–H groups in total. The molecule has 1 unspecified atom stereocenters. The number of thioether (sulfide) groups is 1. The lowest BCUT2D eigenvalue weighted by Gasteiger charge is -2.14. The van der Waals surface area contributed by atoms with Crippen molar-refractivity contribution < 1.29 is 4.79 Å². The summed E-state index contributed by atoms with van der Waals surface area (Å²) < 4.78 is 2.84. The molecular weight excluding hydrogens is 412 g/mol. The Hall–Kier alpha value is -2.12. The Balaban J connectivity index is 1.75. The van der Waals surface area contributed by atoms with Crippen LogP contribution in [0.15, 0.2) is 58.4 Å². The number of amides is 1. The lowest BCUT2D eigenvalue weighted by molar-refractivity contribution is -0.115. The van der Waals surface area contributed by atoms with Gasteiger partial charge in [0.25, 0.3) is 0 Å². The molecule has 134 valence electrons. The molecule has 3 rings (SSSR count). The van der Waals surface area contributed by atoms with Crippen molar-refractivity contribution in [3.63, 3.8) is 0 Å². The predicted molar refractivity (Wildman–Crippen MR) is 109 cm³/mol. The van der Waals surface area contributed by atoms with Gasteiger partial charge in [-0.2, -0.15) is 0 Å². The summed E-state index contributed by atoms with van der Waals surface area (Å²) in [5.41, 5.74) is 4.11. The van der Waals surface area contributed by atoms with Crippen LogP contribution in [-0.2, 0) is 4.79 Å². The van der Waals surface area contributed by atoms with Crippen LogP contribution in [0.1, 0.15) is 18.1 Å². The van der Waals surface area contributed by atoms with Gasteiger partial charge in [-0.05, 0) is 50.6 Å². The van der Waals surface area contributed by atoms with Gasteiger partial charge < -0.3 is 5.32 Å². The Morgan fingerprint density at radius 1 is 1.23 bits per heavy atom. The molecule has 3 aromatic rings. The number of nitrogens with zero attached hydrogens (tertiary/aromatic N) is 3. The topological polar surface area (TPSA) is 59.8 Å². The van der Waals surface area contributed by atoms with E-state index < -0.39 is 0 Å². The summed E-state index contributed by atoms with van der Waals surface area (Å²) in [5, 5.41) is 11.5. The molecule has 0 aliphatic rings. The zero-order valence-corrected chi connectivity index (χ0v) is 17.1. The van der Waals surface area contributed by atoms with E-state index in [2.05, 4.69) is 57.4 Å². The number of rotatable bonds is 5. The van der Waals surface area contributed by atoms with Crippen LogP contribution < -0.4 is 5.32 Å².